The van der Waals surface area contributed by atoms with Gasteiger partial charge in [-0.25, -0.2) is 0 Å². The molecular weight excluding hydrogens is 200 g/mol. The number of hydrogen-bond donors (Lipinski definition) is 1. The topological polar surface area (TPSA) is 32.3 Å². The Morgan fingerprint density at radius 1 is 1.38 bits per heavy atom. The smallest absolute Gasteiger partial charge is 0.222 e. The van der Waals surface area contributed by atoms with Crippen molar-refractivity contribution in [1.29, 1.82) is 0 Å². The number of amides is 1. The van der Waals surface area contributed by atoms with E-state index >= 15 is 0 Å². The van der Waals surface area contributed by atoms with Crippen LogP contribution in [0.1, 0.15) is 46.0 Å². The molecule has 1 unspecified atom stereocenters. The normalized spacial score (nSPS) is 22.2. The van der Waals surface area contributed by atoms with Crippen LogP contribution in [0.2, 0.25) is 0 Å². The molecule has 0 aliphatic carbocycles. The molecule has 0 saturated carbocycles. The summed E-state index contributed by atoms with van der Waals surface area (Å²) in [6.07, 6.45) is 5.27. The van der Waals surface area contributed by atoms with Crippen LogP contribution in [-0.4, -0.2) is 37.0 Å². The molecular formula is C13H26N2O. The molecule has 16 heavy (non-hydrogen) atoms. The summed E-state index contributed by atoms with van der Waals surface area (Å²) in [5.74, 6) is 1.08. The van der Waals surface area contributed by atoms with Crippen LogP contribution >= 0.6 is 0 Å². The fourth-order valence-corrected chi connectivity index (χ4v) is 2.11. The maximum absolute atomic E-state index is 11.8. The molecule has 1 aliphatic heterocycles. The highest BCUT2D eigenvalue weighted by Crippen LogP contribution is 2.17. The third kappa shape index (κ3) is 4.97. The van der Waals surface area contributed by atoms with Crippen molar-refractivity contribution in [2.24, 2.45) is 5.92 Å². The highest BCUT2D eigenvalue weighted by molar-refractivity contribution is 5.76. The van der Waals surface area contributed by atoms with Crippen LogP contribution in [0.25, 0.3) is 0 Å². The van der Waals surface area contributed by atoms with Gasteiger partial charge in [-0.2, -0.15) is 0 Å². The van der Waals surface area contributed by atoms with E-state index in [-0.39, 0.29) is 0 Å². The largest absolute Gasteiger partial charge is 0.343 e. The van der Waals surface area contributed by atoms with Crippen LogP contribution in [0.3, 0.4) is 0 Å². The van der Waals surface area contributed by atoms with E-state index in [1.165, 1.54) is 12.8 Å². The van der Waals surface area contributed by atoms with Gasteiger partial charge in [0, 0.05) is 19.5 Å². The van der Waals surface area contributed by atoms with Crippen LogP contribution in [0.4, 0.5) is 0 Å². The number of likely N-dealkylation sites (tertiary alicyclic amines) is 1. The molecule has 0 aromatic heterocycles. The first-order valence-corrected chi connectivity index (χ1v) is 6.72. The SMILES string of the molecule is CCCNCCCN1CCC(C)CCC1=O. The van der Waals surface area contributed by atoms with Gasteiger partial charge in [-0.05, 0) is 44.7 Å². The standard InChI is InChI=1S/C13H26N2O/c1-3-8-14-9-4-10-15-11-7-12(2)5-6-13(15)16/h12,14H,3-11H2,1-2H3. The van der Waals surface area contributed by atoms with Crippen LogP contribution < -0.4 is 5.32 Å². The highest BCUT2D eigenvalue weighted by Gasteiger charge is 2.19. The Balaban J connectivity index is 2.16. The average Bonchev–Trinajstić information content (AvgIpc) is 2.43. The maximum atomic E-state index is 11.8. The minimum absolute atomic E-state index is 0.361. The van der Waals surface area contributed by atoms with Crippen molar-refractivity contribution in [3.05, 3.63) is 0 Å². The molecule has 0 spiro atoms. The monoisotopic (exact) mass is 226 g/mol. The summed E-state index contributed by atoms with van der Waals surface area (Å²) in [4.78, 5) is 13.8. The molecule has 1 fully saturated rings. The zero-order chi connectivity index (χ0) is 11.8. The lowest BCUT2D eigenvalue weighted by Crippen LogP contribution is -2.33. The van der Waals surface area contributed by atoms with Crippen molar-refractivity contribution >= 4 is 5.91 Å². The second-order valence-corrected chi connectivity index (χ2v) is 4.92. The summed E-state index contributed by atoms with van der Waals surface area (Å²) >= 11 is 0. The molecule has 0 bridgehead atoms. The van der Waals surface area contributed by atoms with Crippen molar-refractivity contribution in [2.75, 3.05) is 26.2 Å². The quantitative estimate of drug-likeness (QED) is 0.703. The number of nitrogens with one attached hydrogen (secondary N) is 1. The second-order valence-electron chi connectivity index (χ2n) is 4.92. The van der Waals surface area contributed by atoms with E-state index in [2.05, 4.69) is 24.1 Å². The number of carbonyl (C=O) groups is 1. The molecule has 1 aliphatic rings. The lowest BCUT2D eigenvalue weighted by atomic mass is 10.0. The summed E-state index contributed by atoms with van der Waals surface area (Å²) in [6, 6.07) is 0. The zero-order valence-corrected chi connectivity index (χ0v) is 10.8. The number of carbonyl (C=O) groups excluding carboxylic acids is 1. The van der Waals surface area contributed by atoms with Gasteiger partial charge in [-0.15, -0.1) is 0 Å². The second kappa shape index (κ2) is 7.66. The van der Waals surface area contributed by atoms with Crippen molar-refractivity contribution in [3.8, 4) is 0 Å². The molecule has 1 amide bonds. The van der Waals surface area contributed by atoms with E-state index in [1.54, 1.807) is 0 Å². The first kappa shape index (κ1) is 13.5. The molecule has 0 radical (unpaired) electrons. The van der Waals surface area contributed by atoms with Crippen molar-refractivity contribution in [3.63, 3.8) is 0 Å². The van der Waals surface area contributed by atoms with Crippen LogP contribution in [-0.2, 0) is 4.79 Å². The summed E-state index contributed by atoms with van der Waals surface area (Å²) < 4.78 is 0. The van der Waals surface area contributed by atoms with Gasteiger partial charge in [0.2, 0.25) is 5.91 Å². The van der Waals surface area contributed by atoms with Crippen molar-refractivity contribution in [1.82, 2.24) is 10.2 Å². The van der Waals surface area contributed by atoms with Gasteiger partial charge in [-0.3, -0.25) is 4.79 Å². The van der Waals surface area contributed by atoms with Gasteiger partial charge in [-0.1, -0.05) is 13.8 Å². The molecule has 94 valence electrons. The maximum Gasteiger partial charge on any atom is 0.222 e. The van der Waals surface area contributed by atoms with E-state index in [0.717, 1.165) is 45.4 Å². The molecule has 3 nitrogen and oxygen atoms in total. The lowest BCUT2D eigenvalue weighted by molar-refractivity contribution is -0.130. The van der Waals surface area contributed by atoms with E-state index in [4.69, 9.17) is 0 Å². The molecule has 1 atom stereocenters. The van der Waals surface area contributed by atoms with Gasteiger partial charge in [0.1, 0.15) is 0 Å². The first-order valence-electron chi connectivity index (χ1n) is 6.72. The van der Waals surface area contributed by atoms with Gasteiger partial charge >= 0.3 is 0 Å². The minimum Gasteiger partial charge on any atom is -0.343 e. The van der Waals surface area contributed by atoms with Gasteiger partial charge in [0.05, 0.1) is 0 Å². The first-order chi connectivity index (χ1) is 7.74. The van der Waals surface area contributed by atoms with Crippen LogP contribution in [0.5, 0.6) is 0 Å². The number of hydrogen-bond acceptors (Lipinski definition) is 2. The summed E-state index contributed by atoms with van der Waals surface area (Å²) in [6.45, 7) is 8.44. The molecule has 1 N–H and O–H groups in total. The Kier molecular flexibility index (Phi) is 6.46. The Morgan fingerprint density at radius 3 is 2.94 bits per heavy atom. The fraction of sp³-hybridized carbons (Fsp3) is 0.923. The molecule has 0 aromatic carbocycles. The Hall–Kier alpha value is -0.570. The Bertz CT molecular complexity index is 206. The van der Waals surface area contributed by atoms with E-state index in [1.807, 2.05) is 0 Å². The average molecular weight is 226 g/mol. The minimum atomic E-state index is 0.361. The van der Waals surface area contributed by atoms with Gasteiger partial charge in [0.15, 0.2) is 0 Å². The molecule has 1 saturated heterocycles. The third-order valence-electron chi connectivity index (χ3n) is 3.30. The number of nitrogens with zero attached hydrogens (tertiary/aromatic N) is 1. The molecule has 3 heteroatoms. The molecule has 1 heterocycles. The van der Waals surface area contributed by atoms with Crippen molar-refractivity contribution < 1.29 is 4.79 Å². The third-order valence-corrected chi connectivity index (χ3v) is 3.30. The highest BCUT2D eigenvalue weighted by atomic mass is 16.2. The number of rotatable bonds is 6. The zero-order valence-electron chi connectivity index (χ0n) is 10.8. The predicted molar refractivity (Wildman–Crippen MR) is 67.4 cm³/mol. The van der Waals surface area contributed by atoms with E-state index in [0.29, 0.717) is 11.8 Å². The summed E-state index contributed by atoms with van der Waals surface area (Å²) in [7, 11) is 0. The van der Waals surface area contributed by atoms with Gasteiger partial charge < -0.3 is 10.2 Å². The molecule has 1 rings (SSSR count). The summed E-state index contributed by atoms with van der Waals surface area (Å²) in [5.41, 5.74) is 0. The van der Waals surface area contributed by atoms with E-state index in [9.17, 15) is 4.79 Å². The molecule has 0 aromatic rings. The van der Waals surface area contributed by atoms with Crippen LogP contribution in [0, 0.1) is 5.92 Å². The Morgan fingerprint density at radius 2 is 2.19 bits per heavy atom. The summed E-state index contributed by atoms with van der Waals surface area (Å²) in [5, 5.41) is 3.38. The fourth-order valence-electron chi connectivity index (χ4n) is 2.11. The Labute approximate surface area is 99.6 Å². The lowest BCUT2D eigenvalue weighted by Gasteiger charge is -2.20. The van der Waals surface area contributed by atoms with E-state index < -0.39 is 0 Å². The predicted octanol–water partition coefficient (Wildman–Crippen LogP) is 2.02. The van der Waals surface area contributed by atoms with Crippen LogP contribution in [0.15, 0.2) is 0 Å². The van der Waals surface area contributed by atoms with Gasteiger partial charge in [0.25, 0.3) is 0 Å². The van der Waals surface area contributed by atoms with Crippen molar-refractivity contribution in [2.45, 2.75) is 46.0 Å².